The molecule has 0 aliphatic carbocycles. The molecular weight excluding hydrogens is 290 g/mol. The predicted octanol–water partition coefficient (Wildman–Crippen LogP) is 1.76. The lowest BCUT2D eigenvalue weighted by molar-refractivity contribution is 0.0824. The van der Waals surface area contributed by atoms with Crippen molar-refractivity contribution < 1.29 is 13.2 Å². The first-order valence-electron chi connectivity index (χ1n) is 6.35. The molecule has 0 aromatic carbocycles. The second-order valence-corrected chi connectivity index (χ2v) is 7.63. The van der Waals surface area contributed by atoms with Crippen LogP contribution in [0.5, 0.6) is 0 Å². The Bertz CT molecular complexity index is 535. The van der Waals surface area contributed by atoms with Gasteiger partial charge in [-0.25, -0.2) is 8.42 Å². The van der Waals surface area contributed by atoms with Gasteiger partial charge < -0.3 is 9.30 Å². The summed E-state index contributed by atoms with van der Waals surface area (Å²) in [6, 6.07) is 0. The lowest BCUT2D eigenvalue weighted by Crippen LogP contribution is -2.20. The molecule has 2 rings (SSSR count). The van der Waals surface area contributed by atoms with E-state index in [0.717, 1.165) is 12.8 Å². The minimum absolute atomic E-state index is 0.149. The molecule has 19 heavy (non-hydrogen) atoms. The maximum Gasteiger partial charge on any atom is 0.296 e. The van der Waals surface area contributed by atoms with E-state index in [4.69, 9.17) is 15.4 Å². The van der Waals surface area contributed by atoms with Crippen LogP contribution in [-0.4, -0.2) is 36.4 Å². The van der Waals surface area contributed by atoms with Crippen LogP contribution < -0.4 is 0 Å². The normalized spacial score (nSPS) is 18.1. The molecule has 1 fully saturated rings. The highest BCUT2D eigenvalue weighted by Crippen LogP contribution is 2.28. The van der Waals surface area contributed by atoms with Gasteiger partial charge in [-0.15, -0.1) is 10.2 Å². The van der Waals surface area contributed by atoms with Gasteiger partial charge in [0.2, 0.25) is 0 Å². The van der Waals surface area contributed by atoms with Crippen molar-refractivity contribution in [3.63, 3.8) is 0 Å². The molecule has 0 N–H and O–H groups in total. The minimum Gasteiger partial charge on any atom is -0.381 e. The maximum absolute atomic E-state index is 11.5. The number of aromatic nitrogens is 3. The van der Waals surface area contributed by atoms with Gasteiger partial charge in [0, 0.05) is 36.4 Å². The summed E-state index contributed by atoms with van der Waals surface area (Å²) in [6.45, 7) is 5.90. The molecule has 1 aliphatic rings. The smallest absolute Gasteiger partial charge is 0.296 e. The van der Waals surface area contributed by atoms with Crippen LogP contribution in [0.15, 0.2) is 5.16 Å². The summed E-state index contributed by atoms with van der Waals surface area (Å²) in [4.78, 5) is 0. The molecule has 0 spiro atoms. The third kappa shape index (κ3) is 3.46. The first kappa shape index (κ1) is 14.7. The van der Waals surface area contributed by atoms with Crippen LogP contribution >= 0.6 is 10.7 Å². The molecule has 8 heteroatoms. The van der Waals surface area contributed by atoms with Gasteiger partial charge in [-0.05, 0) is 18.8 Å². The summed E-state index contributed by atoms with van der Waals surface area (Å²) in [7, 11) is 1.56. The maximum atomic E-state index is 11.5. The van der Waals surface area contributed by atoms with E-state index in [2.05, 4.69) is 10.2 Å². The number of hydrogen-bond donors (Lipinski definition) is 0. The third-order valence-corrected chi connectivity index (χ3v) is 4.25. The topological polar surface area (TPSA) is 74.1 Å². The zero-order valence-electron chi connectivity index (χ0n) is 11.0. The van der Waals surface area contributed by atoms with E-state index in [1.165, 1.54) is 0 Å². The Morgan fingerprint density at radius 3 is 2.53 bits per heavy atom. The van der Waals surface area contributed by atoms with Gasteiger partial charge in [0.25, 0.3) is 14.2 Å². The van der Waals surface area contributed by atoms with E-state index in [1.54, 1.807) is 4.57 Å². The fourth-order valence-electron chi connectivity index (χ4n) is 2.27. The van der Waals surface area contributed by atoms with Crippen molar-refractivity contribution in [3.05, 3.63) is 5.82 Å². The van der Waals surface area contributed by atoms with E-state index in [-0.39, 0.29) is 17.0 Å². The van der Waals surface area contributed by atoms with Crippen molar-refractivity contribution in [2.24, 2.45) is 5.92 Å². The molecule has 1 aliphatic heterocycles. The Labute approximate surface area is 117 Å². The molecule has 2 heterocycles. The fraction of sp³-hybridized carbons (Fsp3) is 0.818. The number of ether oxygens (including phenoxy) is 1. The second-order valence-electron chi connectivity index (χ2n) is 5.17. The van der Waals surface area contributed by atoms with Crippen molar-refractivity contribution >= 4 is 19.7 Å². The van der Waals surface area contributed by atoms with E-state index in [9.17, 15) is 8.42 Å². The summed E-state index contributed by atoms with van der Waals surface area (Å²) >= 11 is 0. The first-order valence-corrected chi connectivity index (χ1v) is 8.66. The van der Waals surface area contributed by atoms with E-state index in [0.29, 0.717) is 25.6 Å². The Kier molecular flexibility index (Phi) is 4.47. The zero-order chi connectivity index (χ0) is 14.0. The van der Waals surface area contributed by atoms with Gasteiger partial charge in [0.05, 0.1) is 0 Å². The Morgan fingerprint density at radius 2 is 2.00 bits per heavy atom. The largest absolute Gasteiger partial charge is 0.381 e. The van der Waals surface area contributed by atoms with Crippen LogP contribution in [0.2, 0.25) is 0 Å². The van der Waals surface area contributed by atoms with Crippen molar-refractivity contribution in [1.29, 1.82) is 0 Å². The van der Waals surface area contributed by atoms with E-state index < -0.39 is 9.05 Å². The molecule has 6 nitrogen and oxygen atoms in total. The Morgan fingerprint density at radius 1 is 1.37 bits per heavy atom. The molecular formula is C11H18ClN3O3S. The van der Waals surface area contributed by atoms with E-state index in [1.807, 2.05) is 13.8 Å². The number of nitrogens with zero attached hydrogens (tertiary/aromatic N) is 3. The molecule has 1 aromatic heterocycles. The molecule has 0 radical (unpaired) electrons. The van der Waals surface area contributed by atoms with Crippen LogP contribution in [0, 0.1) is 5.92 Å². The van der Waals surface area contributed by atoms with Crippen molar-refractivity contribution in [3.8, 4) is 0 Å². The quantitative estimate of drug-likeness (QED) is 0.792. The van der Waals surface area contributed by atoms with Crippen LogP contribution in [0.4, 0.5) is 0 Å². The SMILES string of the molecule is CC(C)Cn1c(C2CCOCC2)nnc1S(=O)(=O)Cl. The van der Waals surface area contributed by atoms with Gasteiger partial charge in [0.15, 0.2) is 0 Å². The lowest BCUT2D eigenvalue weighted by atomic mass is 9.99. The van der Waals surface area contributed by atoms with Gasteiger partial charge in [-0.2, -0.15) is 0 Å². The van der Waals surface area contributed by atoms with E-state index >= 15 is 0 Å². The van der Waals surface area contributed by atoms with Crippen molar-refractivity contribution in [1.82, 2.24) is 14.8 Å². The minimum atomic E-state index is -3.87. The molecule has 0 amide bonds. The summed E-state index contributed by atoms with van der Waals surface area (Å²) in [6.07, 6.45) is 1.66. The zero-order valence-corrected chi connectivity index (χ0v) is 12.6. The standard InChI is InChI=1S/C11H18ClN3O3S/c1-8(2)7-15-10(9-3-5-18-6-4-9)13-14-11(15)19(12,16)17/h8-9H,3-7H2,1-2H3. The molecule has 0 bridgehead atoms. The number of rotatable bonds is 4. The van der Waals surface area contributed by atoms with Crippen molar-refractivity contribution in [2.45, 2.75) is 44.3 Å². The summed E-state index contributed by atoms with van der Waals surface area (Å²) in [5.41, 5.74) is 0. The predicted molar refractivity (Wildman–Crippen MR) is 70.7 cm³/mol. The van der Waals surface area contributed by atoms with Crippen molar-refractivity contribution in [2.75, 3.05) is 13.2 Å². The van der Waals surface area contributed by atoms with Gasteiger partial charge in [-0.3, -0.25) is 0 Å². The highest BCUT2D eigenvalue weighted by atomic mass is 35.7. The monoisotopic (exact) mass is 307 g/mol. The average molecular weight is 308 g/mol. The summed E-state index contributed by atoms with van der Waals surface area (Å²) < 4.78 is 30.1. The lowest BCUT2D eigenvalue weighted by Gasteiger charge is -2.22. The molecule has 1 aromatic rings. The Hall–Kier alpha value is -0.660. The van der Waals surface area contributed by atoms with Crippen LogP contribution in [-0.2, 0) is 20.3 Å². The fourth-order valence-corrected chi connectivity index (χ4v) is 3.19. The number of halogens is 1. The average Bonchev–Trinajstić information content (AvgIpc) is 2.72. The van der Waals surface area contributed by atoms with Crippen LogP contribution in [0.25, 0.3) is 0 Å². The first-order chi connectivity index (χ1) is 8.89. The summed E-state index contributed by atoms with van der Waals surface area (Å²) in [5.74, 6) is 1.18. The third-order valence-electron chi connectivity index (χ3n) is 3.10. The highest BCUT2D eigenvalue weighted by Gasteiger charge is 2.28. The molecule has 1 saturated heterocycles. The Balaban J connectivity index is 2.40. The molecule has 0 unspecified atom stereocenters. The number of hydrogen-bond acceptors (Lipinski definition) is 5. The molecule has 0 saturated carbocycles. The summed E-state index contributed by atoms with van der Waals surface area (Å²) in [5, 5.41) is 7.67. The van der Waals surface area contributed by atoms with Gasteiger partial charge in [-0.1, -0.05) is 13.8 Å². The van der Waals surface area contributed by atoms with Gasteiger partial charge >= 0.3 is 0 Å². The second kappa shape index (κ2) is 5.76. The highest BCUT2D eigenvalue weighted by molar-refractivity contribution is 8.13. The molecule has 0 atom stereocenters. The molecule has 108 valence electrons. The van der Waals surface area contributed by atoms with Gasteiger partial charge in [0.1, 0.15) is 5.82 Å². The van der Waals surface area contributed by atoms with Crippen LogP contribution in [0.1, 0.15) is 38.4 Å². The van der Waals surface area contributed by atoms with Crippen LogP contribution in [0.3, 0.4) is 0 Å².